The van der Waals surface area contributed by atoms with E-state index >= 15 is 0 Å². The highest BCUT2D eigenvalue weighted by Gasteiger charge is 2.29. The number of rotatable bonds is 3. The van der Waals surface area contributed by atoms with E-state index in [2.05, 4.69) is 42.2 Å². The third-order valence-electron chi connectivity index (χ3n) is 4.20. The van der Waals surface area contributed by atoms with Crippen LogP contribution in [0.2, 0.25) is 5.02 Å². The number of fused-ring (bicyclic) bond motifs is 1. The van der Waals surface area contributed by atoms with Crippen molar-refractivity contribution in [2.75, 3.05) is 11.4 Å². The molecular weight excluding hydrogens is 280 g/mol. The molecule has 2 aromatic carbocycles. The average molecular weight is 301 g/mol. The molecule has 0 aliphatic carbocycles. The fraction of sp³-hybridized carbons (Fsp3) is 0.333. The van der Waals surface area contributed by atoms with Crippen molar-refractivity contribution in [2.24, 2.45) is 5.73 Å². The molecule has 21 heavy (non-hydrogen) atoms. The molecule has 1 heterocycles. The van der Waals surface area contributed by atoms with Crippen molar-refractivity contribution in [2.45, 2.75) is 31.8 Å². The normalized spacial score (nSPS) is 17.2. The van der Waals surface area contributed by atoms with Crippen LogP contribution >= 0.6 is 11.6 Å². The van der Waals surface area contributed by atoms with Crippen molar-refractivity contribution in [3.8, 4) is 0 Å². The zero-order chi connectivity index (χ0) is 14.8. The molecule has 3 rings (SSSR count). The highest BCUT2D eigenvalue weighted by molar-refractivity contribution is 6.31. The highest BCUT2D eigenvalue weighted by atomic mass is 35.5. The topological polar surface area (TPSA) is 29.3 Å². The van der Waals surface area contributed by atoms with Crippen LogP contribution < -0.4 is 10.6 Å². The van der Waals surface area contributed by atoms with Crippen molar-refractivity contribution < 1.29 is 0 Å². The van der Waals surface area contributed by atoms with Gasteiger partial charge in [0, 0.05) is 23.3 Å². The Morgan fingerprint density at radius 3 is 2.57 bits per heavy atom. The summed E-state index contributed by atoms with van der Waals surface area (Å²) in [5, 5.41) is 0.794. The fourth-order valence-corrected chi connectivity index (χ4v) is 3.55. The number of nitrogens with zero attached hydrogens (tertiary/aromatic N) is 1. The van der Waals surface area contributed by atoms with Crippen molar-refractivity contribution in [1.82, 2.24) is 0 Å². The second-order valence-corrected chi connectivity index (χ2v) is 6.16. The predicted octanol–water partition coefficient (Wildman–Crippen LogP) is 4.18. The molecule has 0 bridgehead atoms. The third-order valence-corrected chi connectivity index (χ3v) is 4.55. The molecule has 0 saturated heterocycles. The van der Waals surface area contributed by atoms with E-state index in [9.17, 15) is 0 Å². The molecule has 2 N–H and O–H groups in total. The standard InChI is InChI=1S/C18H21ClN2/c1-13(20)18(15-9-3-4-10-16(15)19)21-12-6-8-14-7-2-5-11-17(14)21/h2-5,7,9-11,13,18H,6,8,12,20H2,1H3. The molecule has 0 radical (unpaired) electrons. The van der Waals surface area contributed by atoms with E-state index < -0.39 is 0 Å². The summed E-state index contributed by atoms with van der Waals surface area (Å²) in [6.07, 6.45) is 2.30. The van der Waals surface area contributed by atoms with Crippen LogP contribution in [0.15, 0.2) is 48.5 Å². The Kier molecular flexibility index (Phi) is 4.18. The summed E-state index contributed by atoms with van der Waals surface area (Å²) in [4.78, 5) is 2.42. The lowest BCUT2D eigenvalue weighted by Gasteiger charge is -2.40. The van der Waals surface area contributed by atoms with Gasteiger partial charge < -0.3 is 10.6 Å². The lowest BCUT2D eigenvalue weighted by atomic mass is 9.93. The number of hydrogen-bond donors (Lipinski definition) is 1. The molecule has 2 nitrogen and oxygen atoms in total. The molecule has 0 aromatic heterocycles. The number of para-hydroxylation sites is 1. The monoisotopic (exact) mass is 300 g/mol. The van der Waals surface area contributed by atoms with Crippen molar-refractivity contribution in [3.05, 3.63) is 64.7 Å². The number of aryl methyl sites for hydroxylation is 1. The van der Waals surface area contributed by atoms with Gasteiger partial charge in [0.1, 0.15) is 0 Å². The quantitative estimate of drug-likeness (QED) is 0.921. The Balaban J connectivity index is 2.06. The van der Waals surface area contributed by atoms with Gasteiger partial charge in [-0.05, 0) is 43.0 Å². The van der Waals surface area contributed by atoms with Gasteiger partial charge in [0.15, 0.2) is 0 Å². The molecule has 0 amide bonds. The van der Waals surface area contributed by atoms with E-state index in [1.165, 1.54) is 11.3 Å². The Morgan fingerprint density at radius 2 is 1.81 bits per heavy atom. The van der Waals surface area contributed by atoms with E-state index in [1.807, 2.05) is 18.2 Å². The minimum absolute atomic E-state index is 0.0102. The Hall–Kier alpha value is -1.51. The van der Waals surface area contributed by atoms with E-state index in [0.717, 1.165) is 30.0 Å². The summed E-state index contributed by atoms with van der Waals surface area (Å²) in [5.41, 5.74) is 10.1. The first-order valence-corrected chi connectivity index (χ1v) is 7.91. The predicted molar refractivity (Wildman–Crippen MR) is 90.0 cm³/mol. The minimum atomic E-state index is 0.0102. The molecule has 110 valence electrons. The number of halogens is 1. The lowest BCUT2D eigenvalue weighted by Crippen LogP contribution is -2.42. The van der Waals surface area contributed by atoms with Gasteiger partial charge in [-0.1, -0.05) is 48.0 Å². The van der Waals surface area contributed by atoms with Crippen LogP contribution in [0, 0.1) is 0 Å². The van der Waals surface area contributed by atoms with Gasteiger partial charge in [0.05, 0.1) is 6.04 Å². The number of hydrogen-bond acceptors (Lipinski definition) is 2. The smallest absolute Gasteiger partial charge is 0.0705 e. The molecule has 1 aliphatic heterocycles. The summed E-state index contributed by atoms with van der Waals surface area (Å²) < 4.78 is 0. The van der Waals surface area contributed by atoms with Gasteiger partial charge in [-0.15, -0.1) is 0 Å². The summed E-state index contributed by atoms with van der Waals surface area (Å²) in [5.74, 6) is 0. The maximum atomic E-state index is 6.43. The molecule has 0 saturated carbocycles. The zero-order valence-corrected chi connectivity index (χ0v) is 13.1. The molecule has 0 spiro atoms. The molecule has 3 heteroatoms. The van der Waals surface area contributed by atoms with Gasteiger partial charge in [-0.2, -0.15) is 0 Å². The van der Waals surface area contributed by atoms with Gasteiger partial charge >= 0.3 is 0 Å². The van der Waals surface area contributed by atoms with Crippen molar-refractivity contribution in [3.63, 3.8) is 0 Å². The molecule has 2 aromatic rings. The van der Waals surface area contributed by atoms with Gasteiger partial charge in [0.25, 0.3) is 0 Å². The number of benzene rings is 2. The average Bonchev–Trinajstić information content (AvgIpc) is 2.49. The molecule has 1 aliphatic rings. The first kappa shape index (κ1) is 14.4. The highest BCUT2D eigenvalue weighted by Crippen LogP contribution is 2.37. The maximum absolute atomic E-state index is 6.43. The summed E-state index contributed by atoms with van der Waals surface area (Å²) >= 11 is 6.43. The second kappa shape index (κ2) is 6.08. The first-order chi connectivity index (χ1) is 10.2. The van der Waals surface area contributed by atoms with Crippen LogP contribution in [0.1, 0.15) is 30.5 Å². The molecule has 2 unspecified atom stereocenters. The second-order valence-electron chi connectivity index (χ2n) is 5.75. The van der Waals surface area contributed by atoms with Gasteiger partial charge in [-0.25, -0.2) is 0 Å². The largest absolute Gasteiger partial charge is 0.363 e. The van der Waals surface area contributed by atoms with Crippen molar-refractivity contribution in [1.29, 1.82) is 0 Å². The lowest BCUT2D eigenvalue weighted by molar-refractivity contribution is 0.510. The fourth-order valence-electron chi connectivity index (χ4n) is 3.30. The summed E-state index contributed by atoms with van der Waals surface area (Å²) in [7, 11) is 0. The van der Waals surface area contributed by atoms with E-state index in [4.69, 9.17) is 17.3 Å². The molecule has 2 atom stereocenters. The SMILES string of the molecule is CC(N)C(c1ccccc1Cl)N1CCCc2ccccc21. The van der Waals surface area contributed by atoms with E-state index in [0.29, 0.717) is 0 Å². The summed E-state index contributed by atoms with van der Waals surface area (Å²) in [6, 6.07) is 16.8. The summed E-state index contributed by atoms with van der Waals surface area (Å²) in [6.45, 7) is 3.08. The Labute approximate surface area is 131 Å². The Bertz CT molecular complexity index is 624. The first-order valence-electron chi connectivity index (χ1n) is 7.53. The van der Waals surface area contributed by atoms with Crippen LogP contribution in [-0.2, 0) is 6.42 Å². The third kappa shape index (κ3) is 2.78. The molecular formula is C18H21ClN2. The number of anilines is 1. The van der Waals surface area contributed by atoms with Gasteiger partial charge in [0.2, 0.25) is 0 Å². The van der Waals surface area contributed by atoms with Crippen LogP contribution in [0.5, 0.6) is 0 Å². The van der Waals surface area contributed by atoms with Crippen LogP contribution in [0.4, 0.5) is 5.69 Å². The van der Waals surface area contributed by atoms with Gasteiger partial charge in [-0.3, -0.25) is 0 Å². The zero-order valence-electron chi connectivity index (χ0n) is 12.3. The van der Waals surface area contributed by atoms with E-state index in [-0.39, 0.29) is 12.1 Å². The van der Waals surface area contributed by atoms with Crippen LogP contribution in [0.25, 0.3) is 0 Å². The van der Waals surface area contributed by atoms with Crippen LogP contribution in [-0.4, -0.2) is 12.6 Å². The maximum Gasteiger partial charge on any atom is 0.0705 e. The van der Waals surface area contributed by atoms with E-state index in [1.54, 1.807) is 0 Å². The number of nitrogens with two attached hydrogens (primary N) is 1. The molecule has 0 fully saturated rings. The minimum Gasteiger partial charge on any atom is -0.363 e. The van der Waals surface area contributed by atoms with Crippen molar-refractivity contribution >= 4 is 17.3 Å². The van der Waals surface area contributed by atoms with Crippen LogP contribution in [0.3, 0.4) is 0 Å². The Morgan fingerprint density at radius 1 is 1.10 bits per heavy atom.